The lowest BCUT2D eigenvalue weighted by molar-refractivity contribution is 0.315. The number of furan rings is 2. The molecule has 26 heavy (non-hydrogen) atoms. The lowest BCUT2D eigenvalue weighted by atomic mass is 10.1. The number of hydrogen-bond donors (Lipinski definition) is 0. The molecule has 1 aromatic carbocycles. The highest BCUT2D eigenvalue weighted by Crippen LogP contribution is 2.39. The average Bonchev–Trinajstić information content (AvgIpc) is 3.30. The standard InChI is InChI=1S/C18H14N2O5S/c1-12-2-7-18(24-12)26(21,22)20-8-9-23-17-5-3-13(10-15(17)20)16-6-4-14(11-19)25-16/h2-7,10H,8-9H2,1H3. The van der Waals surface area contributed by atoms with Crippen molar-refractivity contribution in [3.63, 3.8) is 0 Å². The van der Waals surface area contributed by atoms with Crippen LogP contribution in [0.4, 0.5) is 5.69 Å². The summed E-state index contributed by atoms with van der Waals surface area (Å²) in [5.41, 5.74) is 1.05. The predicted octanol–water partition coefficient (Wildman–Crippen LogP) is 3.31. The minimum absolute atomic E-state index is 0.113. The second-order valence-electron chi connectivity index (χ2n) is 5.75. The van der Waals surface area contributed by atoms with Crippen molar-refractivity contribution in [2.45, 2.75) is 12.0 Å². The van der Waals surface area contributed by atoms with E-state index in [1.165, 1.54) is 10.4 Å². The van der Waals surface area contributed by atoms with Gasteiger partial charge in [-0.25, -0.2) is 0 Å². The van der Waals surface area contributed by atoms with Crippen LogP contribution in [0.2, 0.25) is 0 Å². The summed E-state index contributed by atoms with van der Waals surface area (Å²) < 4.78 is 43.6. The Balaban J connectivity index is 1.80. The lowest BCUT2D eigenvalue weighted by Crippen LogP contribution is -2.37. The van der Waals surface area contributed by atoms with E-state index in [1.807, 2.05) is 6.07 Å². The van der Waals surface area contributed by atoms with Crippen molar-refractivity contribution < 1.29 is 22.0 Å². The number of benzene rings is 1. The molecule has 7 nitrogen and oxygen atoms in total. The third-order valence-corrected chi connectivity index (χ3v) is 5.73. The summed E-state index contributed by atoms with van der Waals surface area (Å²) in [5, 5.41) is 8.79. The van der Waals surface area contributed by atoms with Gasteiger partial charge in [-0.05, 0) is 49.4 Å². The van der Waals surface area contributed by atoms with Crippen LogP contribution in [0.25, 0.3) is 11.3 Å². The van der Waals surface area contributed by atoms with E-state index >= 15 is 0 Å². The van der Waals surface area contributed by atoms with Crippen molar-refractivity contribution in [2.24, 2.45) is 0 Å². The molecule has 132 valence electrons. The van der Waals surface area contributed by atoms with Gasteiger partial charge in [-0.15, -0.1) is 0 Å². The maximum absolute atomic E-state index is 13.0. The van der Waals surface area contributed by atoms with Crippen molar-refractivity contribution >= 4 is 15.7 Å². The molecular weight excluding hydrogens is 356 g/mol. The first-order chi connectivity index (χ1) is 12.5. The van der Waals surface area contributed by atoms with Crippen LogP contribution in [0.3, 0.4) is 0 Å². The molecule has 2 aromatic heterocycles. The molecule has 1 aliphatic rings. The number of sulfonamides is 1. The van der Waals surface area contributed by atoms with Crippen LogP contribution in [0.15, 0.2) is 56.4 Å². The molecule has 0 unspecified atom stereocenters. The summed E-state index contributed by atoms with van der Waals surface area (Å²) in [7, 11) is -3.85. The second-order valence-corrected chi connectivity index (χ2v) is 7.54. The largest absolute Gasteiger partial charge is 0.489 e. The van der Waals surface area contributed by atoms with Gasteiger partial charge in [0.15, 0.2) is 0 Å². The smallest absolute Gasteiger partial charge is 0.298 e. The molecular formula is C18H14N2O5S. The molecule has 0 N–H and O–H groups in total. The van der Waals surface area contributed by atoms with Gasteiger partial charge in [0.25, 0.3) is 10.0 Å². The Morgan fingerprint density at radius 3 is 2.65 bits per heavy atom. The van der Waals surface area contributed by atoms with Crippen LogP contribution in [-0.4, -0.2) is 21.6 Å². The van der Waals surface area contributed by atoms with E-state index in [9.17, 15) is 8.42 Å². The van der Waals surface area contributed by atoms with Gasteiger partial charge in [-0.1, -0.05) is 0 Å². The summed E-state index contributed by atoms with van der Waals surface area (Å²) in [5.74, 6) is 1.63. The summed E-state index contributed by atoms with van der Waals surface area (Å²) >= 11 is 0. The summed E-state index contributed by atoms with van der Waals surface area (Å²) in [6, 6.07) is 13.3. The molecule has 0 fully saturated rings. The molecule has 0 bridgehead atoms. The minimum Gasteiger partial charge on any atom is -0.489 e. The lowest BCUT2D eigenvalue weighted by Gasteiger charge is -2.29. The number of ether oxygens (including phenoxy) is 1. The molecule has 4 rings (SSSR count). The van der Waals surface area contributed by atoms with E-state index in [4.69, 9.17) is 18.8 Å². The molecule has 0 atom stereocenters. The summed E-state index contributed by atoms with van der Waals surface area (Å²) in [6.07, 6.45) is 0. The fourth-order valence-corrected chi connectivity index (χ4v) is 4.22. The zero-order valence-corrected chi connectivity index (χ0v) is 14.6. The van der Waals surface area contributed by atoms with Crippen LogP contribution >= 0.6 is 0 Å². The first-order valence-electron chi connectivity index (χ1n) is 7.85. The van der Waals surface area contributed by atoms with Crippen LogP contribution in [0.5, 0.6) is 5.75 Å². The maximum Gasteiger partial charge on any atom is 0.298 e. The van der Waals surface area contributed by atoms with Gasteiger partial charge in [0, 0.05) is 5.56 Å². The quantitative estimate of drug-likeness (QED) is 0.702. The highest BCUT2D eigenvalue weighted by Gasteiger charge is 2.32. The second kappa shape index (κ2) is 5.97. The fourth-order valence-electron chi connectivity index (χ4n) is 2.81. The number of nitrogens with zero attached hydrogens (tertiary/aromatic N) is 2. The first kappa shape index (κ1) is 16.3. The molecule has 0 saturated heterocycles. The van der Waals surface area contributed by atoms with E-state index < -0.39 is 10.0 Å². The Labute approximate surface area is 150 Å². The van der Waals surface area contributed by atoms with Crippen LogP contribution in [0.1, 0.15) is 11.5 Å². The van der Waals surface area contributed by atoms with E-state index in [2.05, 4.69) is 0 Å². The highest BCUT2D eigenvalue weighted by atomic mass is 32.2. The Kier molecular flexibility index (Phi) is 3.74. The monoisotopic (exact) mass is 370 g/mol. The predicted molar refractivity (Wildman–Crippen MR) is 92.3 cm³/mol. The van der Waals surface area contributed by atoms with Gasteiger partial charge in [-0.3, -0.25) is 4.31 Å². The normalized spacial score (nSPS) is 13.8. The van der Waals surface area contributed by atoms with Crippen LogP contribution in [-0.2, 0) is 10.0 Å². The molecule has 0 amide bonds. The van der Waals surface area contributed by atoms with Gasteiger partial charge in [0.05, 0.1) is 12.2 Å². The van der Waals surface area contributed by atoms with Crippen LogP contribution in [0, 0.1) is 18.3 Å². The molecule has 3 heterocycles. The Morgan fingerprint density at radius 1 is 1.12 bits per heavy atom. The molecule has 0 aliphatic carbocycles. The van der Waals surface area contributed by atoms with Crippen molar-refractivity contribution in [3.05, 3.63) is 54.0 Å². The first-order valence-corrected chi connectivity index (χ1v) is 9.29. The summed E-state index contributed by atoms with van der Waals surface area (Å²) in [4.78, 5) is 0. The van der Waals surface area contributed by atoms with Crippen molar-refractivity contribution in [1.29, 1.82) is 5.26 Å². The average molecular weight is 370 g/mol. The van der Waals surface area contributed by atoms with Crippen LogP contribution < -0.4 is 9.04 Å². The van der Waals surface area contributed by atoms with E-state index in [-0.39, 0.29) is 24.0 Å². The molecule has 8 heteroatoms. The number of hydrogen-bond acceptors (Lipinski definition) is 6. The van der Waals surface area contributed by atoms with Crippen molar-refractivity contribution in [1.82, 2.24) is 0 Å². The number of nitriles is 1. The SMILES string of the molecule is Cc1ccc(S(=O)(=O)N2CCOc3ccc(-c4ccc(C#N)o4)cc32)o1. The number of aryl methyl sites for hydroxylation is 1. The molecule has 0 spiro atoms. The van der Waals surface area contributed by atoms with Crippen molar-refractivity contribution in [3.8, 4) is 23.1 Å². The molecule has 0 radical (unpaired) electrons. The fraction of sp³-hybridized carbons (Fsp3) is 0.167. The van der Waals surface area contributed by atoms with Gasteiger partial charge in [-0.2, -0.15) is 13.7 Å². The number of anilines is 1. The molecule has 0 saturated carbocycles. The van der Waals surface area contributed by atoms with Gasteiger partial charge in [0.2, 0.25) is 10.9 Å². The minimum atomic E-state index is -3.85. The zero-order valence-electron chi connectivity index (χ0n) is 13.8. The van der Waals surface area contributed by atoms with E-state index in [0.29, 0.717) is 28.5 Å². The van der Waals surface area contributed by atoms with Crippen molar-refractivity contribution in [2.75, 3.05) is 17.5 Å². The van der Waals surface area contributed by atoms with Gasteiger partial charge in [0.1, 0.15) is 29.9 Å². The highest BCUT2D eigenvalue weighted by molar-refractivity contribution is 7.92. The van der Waals surface area contributed by atoms with E-state index in [1.54, 1.807) is 43.3 Å². The van der Waals surface area contributed by atoms with Gasteiger partial charge < -0.3 is 13.6 Å². The molecule has 3 aromatic rings. The maximum atomic E-state index is 13.0. The third-order valence-electron chi connectivity index (χ3n) is 4.04. The van der Waals surface area contributed by atoms with Gasteiger partial charge >= 0.3 is 0 Å². The number of rotatable bonds is 3. The third kappa shape index (κ3) is 2.62. The Bertz CT molecular complexity index is 1120. The number of fused-ring (bicyclic) bond motifs is 1. The zero-order chi connectivity index (χ0) is 18.3. The molecule has 1 aliphatic heterocycles. The Morgan fingerprint density at radius 2 is 1.96 bits per heavy atom. The Hall–Kier alpha value is -3.18. The van der Waals surface area contributed by atoms with E-state index in [0.717, 1.165) is 0 Å². The summed E-state index contributed by atoms with van der Waals surface area (Å²) in [6.45, 7) is 2.10. The topological polar surface area (TPSA) is 96.7 Å².